The average Bonchev–Trinajstić information content (AvgIpc) is 2.49. The molecule has 116 valence electrons. The van der Waals surface area contributed by atoms with Gasteiger partial charge in [-0.3, -0.25) is 0 Å². The van der Waals surface area contributed by atoms with Crippen molar-refractivity contribution in [1.82, 2.24) is 0 Å². The van der Waals surface area contributed by atoms with Gasteiger partial charge in [-0.25, -0.2) is 13.2 Å². The van der Waals surface area contributed by atoms with Crippen LogP contribution in [0.4, 0.5) is 13.2 Å². The van der Waals surface area contributed by atoms with Crippen molar-refractivity contribution in [3.63, 3.8) is 0 Å². The standard InChI is InChI=1S/C18H23F3/c1-2-13-7-9-14(10-8-13)5-3-4-6-15-11-16(19)18(21)17(20)12-15/h3-4,11-14H,2,5-10H2,1H3. The van der Waals surface area contributed by atoms with E-state index in [0.29, 0.717) is 12.0 Å². The summed E-state index contributed by atoms with van der Waals surface area (Å²) >= 11 is 0. The zero-order chi connectivity index (χ0) is 15.2. The molecule has 0 amide bonds. The van der Waals surface area contributed by atoms with E-state index in [4.69, 9.17) is 0 Å². The molecule has 0 N–H and O–H groups in total. The molecule has 0 saturated heterocycles. The van der Waals surface area contributed by atoms with Crippen LogP contribution < -0.4 is 0 Å². The van der Waals surface area contributed by atoms with E-state index in [1.54, 1.807) is 0 Å². The lowest BCUT2D eigenvalue weighted by molar-refractivity contribution is 0.271. The van der Waals surface area contributed by atoms with Crippen LogP contribution in [0.5, 0.6) is 0 Å². The van der Waals surface area contributed by atoms with Crippen LogP contribution in [0.25, 0.3) is 0 Å². The van der Waals surface area contributed by atoms with E-state index < -0.39 is 17.5 Å². The fourth-order valence-corrected chi connectivity index (χ4v) is 3.11. The summed E-state index contributed by atoms with van der Waals surface area (Å²) in [6.45, 7) is 2.26. The quantitative estimate of drug-likeness (QED) is 0.475. The molecule has 1 saturated carbocycles. The minimum Gasteiger partial charge on any atom is -0.204 e. The highest BCUT2D eigenvalue weighted by atomic mass is 19.2. The van der Waals surface area contributed by atoms with Gasteiger partial charge >= 0.3 is 0 Å². The zero-order valence-corrected chi connectivity index (χ0v) is 12.5. The van der Waals surface area contributed by atoms with E-state index in [1.165, 1.54) is 32.1 Å². The Labute approximate surface area is 125 Å². The first-order chi connectivity index (χ1) is 10.1. The fraction of sp³-hybridized carbons (Fsp3) is 0.556. The Morgan fingerprint density at radius 1 is 0.952 bits per heavy atom. The van der Waals surface area contributed by atoms with Gasteiger partial charge in [-0.05, 0) is 55.2 Å². The van der Waals surface area contributed by atoms with Crippen molar-refractivity contribution >= 4 is 0 Å². The van der Waals surface area contributed by atoms with Gasteiger partial charge in [0.05, 0.1) is 0 Å². The van der Waals surface area contributed by atoms with Crippen molar-refractivity contribution in [2.24, 2.45) is 11.8 Å². The highest BCUT2D eigenvalue weighted by Crippen LogP contribution is 2.32. The highest BCUT2D eigenvalue weighted by Gasteiger charge is 2.18. The third-order valence-corrected chi connectivity index (χ3v) is 4.58. The summed E-state index contributed by atoms with van der Waals surface area (Å²) in [5.74, 6) is -1.98. The van der Waals surface area contributed by atoms with Gasteiger partial charge in [0.15, 0.2) is 17.5 Å². The molecule has 0 spiro atoms. The molecule has 0 unspecified atom stereocenters. The van der Waals surface area contributed by atoms with Crippen LogP contribution in [0, 0.1) is 29.3 Å². The molecule has 0 nitrogen and oxygen atoms in total. The molecule has 0 radical (unpaired) electrons. The molecule has 1 aliphatic carbocycles. The van der Waals surface area contributed by atoms with E-state index in [1.807, 2.05) is 6.08 Å². The van der Waals surface area contributed by atoms with Gasteiger partial charge in [0, 0.05) is 0 Å². The Balaban J connectivity index is 1.78. The van der Waals surface area contributed by atoms with E-state index in [0.717, 1.165) is 30.4 Å². The van der Waals surface area contributed by atoms with Gasteiger partial charge in [-0.1, -0.05) is 38.3 Å². The minimum absolute atomic E-state index is 0.443. The number of benzene rings is 1. The third kappa shape index (κ3) is 4.62. The Kier molecular flexibility index (Phi) is 5.89. The topological polar surface area (TPSA) is 0 Å². The number of rotatable bonds is 5. The summed E-state index contributed by atoms with van der Waals surface area (Å²) in [5, 5.41) is 0. The zero-order valence-electron chi connectivity index (χ0n) is 12.5. The third-order valence-electron chi connectivity index (χ3n) is 4.58. The van der Waals surface area contributed by atoms with E-state index >= 15 is 0 Å². The Morgan fingerprint density at radius 3 is 2.10 bits per heavy atom. The Hall–Kier alpha value is -1.25. The second-order valence-electron chi connectivity index (χ2n) is 6.08. The van der Waals surface area contributed by atoms with Gasteiger partial charge in [-0.15, -0.1) is 0 Å². The van der Waals surface area contributed by atoms with E-state index in [2.05, 4.69) is 13.0 Å². The number of allylic oxidation sites excluding steroid dienone is 2. The van der Waals surface area contributed by atoms with E-state index in [9.17, 15) is 13.2 Å². The first-order valence-electron chi connectivity index (χ1n) is 7.88. The molecule has 0 atom stereocenters. The van der Waals surface area contributed by atoms with Gasteiger partial charge in [0.2, 0.25) is 0 Å². The molecule has 1 fully saturated rings. The smallest absolute Gasteiger partial charge is 0.194 e. The lowest BCUT2D eigenvalue weighted by Gasteiger charge is -2.26. The summed E-state index contributed by atoms with van der Waals surface area (Å²) in [7, 11) is 0. The summed E-state index contributed by atoms with van der Waals surface area (Å²) in [6.07, 6.45) is 12.0. The van der Waals surface area contributed by atoms with Crippen LogP contribution in [0.2, 0.25) is 0 Å². The van der Waals surface area contributed by atoms with Gasteiger partial charge in [0.1, 0.15) is 0 Å². The summed E-state index contributed by atoms with van der Waals surface area (Å²) in [5.41, 5.74) is 0.470. The monoisotopic (exact) mass is 296 g/mol. The molecular weight excluding hydrogens is 273 g/mol. The predicted molar refractivity (Wildman–Crippen MR) is 79.5 cm³/mol. The molecule has 3 heteroatoms. The highest BCUT2D eigenvalue weighted by molar-refractivity contribution is 5.21. The molecular formula is C18H23F3. The summed E-state index contributed by atoms with van der Waals surface area (Å²) < 4.78 is 39.0. The summed E-state index contributed by atoms with van der Waals surface area (Å²) in [4.78, 5) is 0. The van der Waals surface area contributed by atoms with Crippen LogP contribution in [-0.4, -0.2) is 0 Å². The normalized spacial score (nSPS) is 22.9. The largest absolute Gasteiger partial charge is 0.204 e. The lowest BCUT2D eigenvalue weighted by Crippen LogP contribution is -2.13. The van der Waals surface area contributed by atoms with Crippen molar-refractivity contribution in [1.29, 1.82) is 0 Å². The molecule has 2 rings (SSSR count). The molecule has 0 aliphatic heterocycles. The average molecular weight is 296 g/mol. The predicted octanol–water partition coefficient (Wildman–Crippen LogP) is 5.81. The minimum atomic E-state index is -1.39. The van der Waals surface area contributed by atoms with Crippen molar-refractivity contribution in [3.05, 3.63) is 47.3 Å². The molecule has 0 bridgehead atoms. The van der Waals surface area contributed by atoms with Crippen molar-refractivity contribution < 1.29 is 13.2 Å². The number of hydrogen-bond donors (Lipinski definition) is 0. The van der Waals surface area contributed by atoms with Crippen LogP contribution in [0.1, 0.15) is 51.0 Å². The molecule has 0 heterocycles. The molecule has 1 aromatic rings. The first-order valence-corrected chi connectivity index (χ1v) is 7.88. The molecule has 0 aromatic heterocycles. The summed E-state index contributed by atoms with van der Waals surface area (Å²) in [6, 6.07) is 2.13. The van der Waals surface area contributed by atoms with Gasteiger partial charge in [-0.2, -0.15) is 0 Å². The van der Waals surface area contributed by atoms with Gasteiger partial charge in [0.25, 0.3) is 0 Å². The Morgan fingerprint density at radius 2 is 1.52 bits per heavy atom. The maximum atomic E-state index is 13.1. The van der Waals surface area contributed by atoms with Crippen LogP contribution in [-0.2, 0) is 6.42 Å². The molecule has 21 heavy (non-hydrogen) atoms. The molecule has 1 aliphatic rings. The van der Waals surface area contributed by atoms with Gasteiger partial charge < -0.3 is 0 Å². The van der Waals surface area contributed by atoms with Crippen molar-refractivity contribution in [2.75, 3.05) is 0 Å². The second-order valence-corrected chi connectivity index (χ2v) is 6.08. The number of hydrogen-bond acceptors (Lipinski definition) is 0. The lowest BCUT2D eigenvalue weighted by atomic mass is 9.79. The maximum absolute atomic E-state index is 13.1. The number of halogens is 3. The maximum Gasteiger partial charge on any atom is 0.194 e. The SMILES string of the molecule is CCC1CCC(CC=CCc2cc(F)c(F)c(F)c2)CC1. The Bertz CT molecular complexity index is 462. The van der Waals surface area contributed by atoms with Crippen molar-refractivity contribution in [3.8, 4) is 0 Å². The fourth-order valence-electron chi connectivity index (χ4n) is 3.11. The first kappa shape index (κ1) is 16.1. The van der Waals surface area contributed by atoms with Crippen LogP contribution in [0.3, 0.4) is 0 Å². The van der Waals surface area contributed by atoms with Crippen LogP contribution >= 0.6 is 0 Å². The van der Waals surface area contributed by atoms with Crippen molar-refractivity contribution in [2.45, 2.75) is 51.9 Å². The van der Waals surface area contributed by atoms with Crippen LogP contribution in [0.15, 0.2) is 24.3 Å². The molecule has 1 aromatic carbocycles. The second kappa shape index (κ2) is 7.67. The van der Waals surface area contributed by atoms with E-state index in [-0.39, 0.29) is 0 Å².